The molecule has 2 N–H and O–H groups in total. The van der Waals surface area contributed by atoms with Gasteiger partial charge < -0.3 is 46.7 Å². The Morgan fingerprint density at radius 2 is 0.979 bits per heavy atom. The number of fused-ring (bicyclic) bond motifs is 4. The molecule has 0 bridgehead atoms. The van der Waals surface area contributed by atoms with Crippen LogP contribution >= 0.6 is 15.9 Å². The number of amides is 2. The van der Waals surface area contributed by atoms with Crippen molar-refractivity contribution in [2.45, 2.75) is 38.9 Å². The smallest absolute Gasteiger partial charge is 0.455 e. The van der Waals surface area contributed by atoms with E-state index in [2.05, 4.69) is 36.5 Å². The van der Waals surface area contributed by atoms with Crippen LogP contribution in [0.3, 0.4) is 0 Å². The van der Waals surface area contributed by atoms with Gasteiger partial charge in [0.05, 0.1) is 57.3 Å². The Hall–Kier alpha value is -10.00. The van der Waals surface area contributed by atoms with Crippen LogP contribution in [-0.2, 0) is 43.5 Å². The first-order valence-electron chi connectivity index (χ1n) is 29.4. The molecule has 0 atom stereocenters. The van der Waals surface area contributed by atoms with Crippen LogP contribution in [0.5, 0.6) is 0 Å². The van der Waals surface area contributed by atoms with Crippen LogP contribution in [0.4, 0.5) is 20.2 Å². The highest BCUT2D eigenvalue weighted by Crippen LogP contribution is 2.44. The van der Waals surface area contributed by atoms with E-state index in [-0.39, 0.29) is 56.2 Å². The Labute approximate surface area is 557 Å². The summed E-state index contributed by atoms with van der Waals surface area (Å²) in [5, 5.41) is 6.07. The maximum absolute atomic E-state index is 13.7. The van der Waals surface area contributed by atoms with E-state index in [0.29, 0.717) is 77.9 Å². The zero-order valence-corrected chi connectivity index (χ0v) is 57.0. The molecule has 13 rings (SSSR count). The summed E-state index contributed by atoms with van der Waals surface area (Å²) in [7, 11) is 0.770. The van der Waals surface area contributed by atoms with E-state index in [1.54, 1.807) is 99.5 Å². The summed E-state index contributed by atoms with van der Waals surface area (Å²) in [6.07, 6.45) is 8.76. The molecular weight excluding hydrogens is 1350 g/mol. The van der Waals surface area contributed by atoms with E-state index in [1.807, 2.05) is 33.8 Å². The summed E-state index contributed by atoms with van der Waals surface area (Å²) in [6, 6.07) is 31.3. The molecule has 0 aliphatic carbocycles. The summed E-state index contributed by atoms with van der Waals surface area (Å²) < 4.78 is 120. The molecule has 96 heavy (non-hydrogen) atoms. The first-order valence-corrected chi connectivity index (χ1v) is 33.9. The molecule has 2 amide bonds. The fourth-order valence-corrected chi connectivity index (χ4v) is 12.3. The summed E-state index contributed by atoms with van der Waals surface area (Å²) in [4.78, 5) is 59.9. The highest BCUT2D eigenvalue weighted by molar-refractivity contribution is 9.10. The van der Waals surface area contributed by atoms with E-state index in [4.69, 9.17) is 27.0 Å². The predicted molar refractivity (Wildman–Crippen MR) is 368 cm³/mol. The van der Waals surface area contributed by atoms with Gasteiger partial charge >= 0.3 is 7.12 Å². The van der Waals surface area contributed by atoms with Gasteiger partial charge in [-0.15, -0.1) is 0 Å². The minimum atomic E-state index is -3.76. The number of nitrogens with one attached hydrogen (secondary N) is 2. The molecule has 494 valence electrons. The van der Waals surface area contributed by atoms with Crippen molar-refractivity contribution in [2.75, 3.05) is 49.3 Å². The lowest BCUT2D eigenvalue weighted by molar-refractivity contribution is 0.00578. The molecular formula is C68H62BBrF2N8O14S2. The van der Waals surface area contributed by atoms with Gasteiger partial charge in [0.15, 0.2) is 11.2 Å². The van der Waals surface area contributed by atoms with E-state index >= 15 is 0 Å². The van der Waals surface area contributed by atoms with Crippen LogP contribution in [0.2, 0.25) is 0 Å². The largest absolute Gasteiger partial charge is 0.497 e. The summed E-state index contributed by atoms with van der Waals surface area (Å²) in [5.41, 5.74) is 5.22. The van der Waals surface area contributed by atoms with Gasteiger partial charge in [-0.2, -0.15) is 0 Å². The maximum atomic E-state index is 13.7. The first kappa shape index (κ1) is 67.4. The zero-order chi connectivity index (χ0) is 69.2. The van der Waals surface area contributed by atoms with Crippen LogP contribution in [-0.4, -0.2) is 107 Å². The summed E-state index contributed by atoms with van der Waals surface area (Å²) in [6.45, 7) is 7.58. The molecule has 12 aromatic rings. The Morgan fingerprint density at radius 3 is 1.43 bits per heavy atom. The van der Waals surface area contributed by atoms with Crippen LogP contribution in [0.25, 0.3) is 101 Å². The molecule has 1 saturated heterocycles. The van der Waals surface area contributed by atoms with Crippen LogP contribution in [0, 0.1) is 11.6 Å². The third kappa shape index (κ3) is 13.0. The Bertz CT molecular complexity index is 5370. The molecule has 8 aromatic heterocycles. The SMILES string of the molecule is CNC(=O)c1c(-c2ccc(F)cc2)oc2cc(N(C)S(C)(=O)=O)c(-c3cc(-c4cc5ncccc5o4)c(=O)n(C)c3)cc12.CNC(=O)c1c(-c2ccc(F)cc2)oc2cc(N(C)S(C)(=O)=O)c(B3OC(C)(C)C(C)(C)O3)cc12.Cn1cc(Br)cc(-c2cc3ncccc3o2)c1=O. The number of halogens is 3. The van der Waals surface area contributed by atoms with Gasteiger partial charge in [-0.1, -0.05) is 0 Å². The molecule has 22 nitrogen and oxygen atoms in total. The van der Waals surface area contributed by atoms with Crippen molar-refractivity contribution < 1.29 is 62.2 Å². The lowest BCUT2D eigenvalue weighted by Crippen LogP contribution is -2.41. The second kappa shape index (κ2) is 25.6. The van der Waals surface area contributed by atoms with Gasteiger partial charge in [0.1, 0.15) is 56.9 Å². The number of carbonyl (C=O) groups is 2. The average Bonchev–Trinajstić information content (AvgIpc) is 1.65. The standard InChI is InChI=1S/C31H25FN4O6S.C24H28BFN2O6S.C13H9BrN2O2/c1-33-30(37)28-21-13-20(18-12-22(31(38)35(2)16-18)26-14-23-25(41-26)6-5-11-34-23)24(36(3)43(4,39)40)15-27(21)42-29(28)17-7-9-19(32)10-8-17;1-23(2)24(3,4)34-25(33-23)17-12-16-19(13-18(17)28(6)35(7,30)31)32-21(20(16)22(29)27-5)14-8-10-15(26)11-9-14;1-16-7-8(14)5-9(13(16)17)12-6-10-11(18-12)3-2-4-15-10/h5-16H,1-4H3,(H,33,37);8-13H,1-7H3,(H,27,29);2-7H,1H3. The van der Waals surface area contributed by atoms with Gasteiger partial charge in [0.25, 0.3) is 22.9 Å². The van der Waals surface area contributed by atoms with Crippen molar-refractivity contribution in [1.29, 1.82) is 0 Å². The van der Waals surface area contributed by atoms with E-state index < -0.39 is 61.8 Å². The quantitative estimate of drug-likeness (QED) is 0.108. The molecule has 1 fully saturated rings. The first-order chi connectivity index (χ1) is 45.3. The number of pyridine rings is 4. The lowest BCUT2D eigenvalue weighted by Gasteiger charge is -2.32. The van der Waals surface area contributed by atoms with E-state index in [0.717, 1.165) is 31.1 Å². The van der Waals surface area contributed by atoms with Crippen LogP contribution in [0.15, 0.2) is 178 Å². The summed E-state index contributed by atoms with van der Waals surface area (Å²) in [5.74, 6) is -0.489. The minimum absolute atomic E-state index is 0.0998. The van der Waals surface area contributed by atoms with Gasteiger partial charge in [-0.25, -0.2) is 25.6 Å². The fraction of sp³-hybridized carbons (Fsp3) is 0.206. The van der Waals surface area contributed by atoms with Crippen LogP contribution < -0.4 is 35.8 Å². The van der Waals surface area contributed by atoms with Crippen molar-refractivity contribution in [3.63, 3.8) is 0 Å². The number of rotatable bonds is 12. The van der Waals surface area contributed by atoms with Gasteiger partial charge in [0.2, 0.25) is 20.0 Å². The number of aromatic nitrogens is 4. The van der Waals surface area contributed by atoms with Gasteiger partial charge in [0, 0.05) is 134 Å². The zero-order valence-electron chi connectivity index (χ0n) is 53.8. The molecule has 4 aromatic carbocycles. The van der Waals surface area contributed by atoms with Crippen molar-refractivity contribution in [3.05, 3.63) is 194 Å². The van der Waals surface area contributed by atoms with Crippen molar-refractivity contribution in [1.82, 2.24) is 29.7 Å². The van der Waals surface area contributed by atoms with Crippen molar-refractivity contribution in [2.24, 2.45) is 14.1 Å². The molecule has 28 heteroatoms. The van der Waals surface area contributed by atoms with Crippen LogP contribution in [0.1, 0.15) is 48.4 Å². The molecule has 1 aliphatic rings. The Balaban J connectivity index is 0.000000158. The lowest BCUT2D eigenvalue weighted by atomic mass is 9.77. The second-order valence-corrected chi connectivity index (χ2v) is 28.6. The number of nitrogens with zero attached hydrogens (tertiary/aromatic N) is 6. The number of hydrogen-bond donors (Lipinski definition) is 2. The highest BCUT2D eigenvalue weighted by Gasteiger charge is 2.53. The average molecular weight is 1410 g/mol. The third-order valence-electron chi connectivity index (χ3n) is 16.7. The fourth-order valence-electron chi connectivity index (χ4n) is 10.8. The maximum Gasteiger partial charge on any atom is 0.497 e. The van der Waals surface area contributed by atoms with Gasteiger partial charge in [-0.05, 0) is 141 Å². The van der Waals surface area contributed by atoms with Gasteiger partial charge in [-0.3, -0.25) is 37.8 Å². The van der Waals surface area contributed by atoms with E-state index in [9.17, 15) is 44.8 Å². The van der Waals surface area contributed by atoms with E-state index in [1.165, 1.54) is 91.9 Å². The minimum Gasteiger partial charge on any atom is -0.455 e. The number of carbonyl (C=O) groups excluding carboxylic acids is 2. The molecule has 1 aliphatic heterocycles. The topological polar surface area (TPSA) is 274 Å². The number of furan rings is 4. The molecule has 0 spiro atoms. The molecule has 9 heterocycles. The third-order valence-corrected chi connectivity index (χ3v) is 19.5. The predicted octanol–water partition coefficient (Wildman–Crippen LogP) is 11.4. The number of sulfonamides is 2. The summed E-state index contributed by atoms with van der Waals surface area (Å²) >= 11 is 3.37. The Kier molecular flexibility index (Phi) is 18.0. The molecule has 0 unspecified atom stereocenters. The number of aryl methyl sites for hydroxylation is 2. The monoisotopic (exact) mass is 1410 g/mol. The normalized spacial score (nSPS) is 13.6. The second-order valence-electron chi connectivity index (χ2n) is 23.6. The number of anilines is 2. The Morgan fingerprint density at radius 1 is 0.552 bits per heavy atom. The van der Waals surface area contributed by atoms with Crippen molar-refractivity contribution >= 4 is 116 Å². The molecule has 0 radical (unpaired) electrons. The number of benzene rings is 4. The molecule has 0 saturated carbocycles. The van der Waals surface area contributed by atoms with Crippen molar-refractivity contribution in [3.8, 4) is 56.4 Å². The highest BCUT2D eigenvalue weighted by atomic mass is 79.9. The number of hydrogen-bond acceptors (Lipinski definition) is 16.